The molecule has 0 fully saturated rings. The number of fused-ring (bicyclic) bond motifs is 1. The Morgan fingerprint density at radius 1 is 1.07 bits per heavy atom. The minimum atomic E-state index is -0.898. The summed E-state index contributed by atoms with van der Waals surface area (Å²) in [7, 11) is 1.98. The van der Waals surface area contributed by atoms with E-state index in [1.54, 1.807) is 13.8 Å². The van der Waals surface area contributed by atoms with Gasteiger partial charge >= 0.3 is 5.69 Å². The molecule has 0 saturated carbocycles. The number of hydrogen-bond donors (Lipinski definition) is 1. The molecule has 0 bridgehead atoms. The number of aromatic nitrogens is 4. The van der Waals surface area contributed by atoms with Crippen LogP contribution in [0.5, 0.6) is 11.6 Å². The van der Waals surface area contributed by atoms with Gasteiger partial charge in [-0.3, -0.25) is 14.2 Å². The Kier molecular flexibility index (Phi) is 7.26. The third kappa shape index (κ3) is 5.25. The summed E-state index contributed by atoms with van der Waals surface area (Å²) < 4.78 is 36.3. The molecule has 0 spiro atoms. The number of nitrogens with one attached hydrogen (secondary N) is 1. The monoisotopic (exact) mass is 548 g/mol. The molecule has 0 unspecified atom stereocenters. The minimum absolute atomic E-state index is 0.0659. The predicted octanol–water partition coefficient (Wildman–Crippen LogP) is 3.68. The predicted molar refractivity (Wildman–Crippen MR) is 143 cm³/mol. The number of carbonyl (C=O) groups is 1. The Balaban J connectivity index is 1.43. The van der Waals surface area contributed by atoms with Gasteiger partial charge in [0.05, 0.1) is 11.4 Å². The van der Waals surface area contributed by atoms with Crippen LogP contribution in [-0.2, 0) is 13.0 Å². The van der Waals surface area contributed by atoms with Gasteiger partial charge in [0.1, 0.15) is 17.7 Å². The first-order valence-electron chi connectivity index (χ1n) is 12.6. The van der Waals surface area contributed by atoms with E-state index in [4.69, 9.17) is 4.74 Å². The summed E-state index contributed by atoms with van der Waals surface area (Å²) in [5, 5.41) is 2.50. The second-order valence-electron chi connectivity index (χ2n) is 9.74. The summed E-state index contributed by atoms with van der Waals surface area (Å²) in [5.74, 6) is -1.97. The maximum atomic E-state index is 15.0. The number of hydrogen-bond acceptors (Lipinski definition) is 7. The Morgan fingerprint density at radius 2 is 1.82 bits per heavy atom. The van der Waals surface area contributed by atoms with Gasteiger partial charge in [-0.25, -0.2) is 28.1 Å². The van der Waals surface area contributed by atoms with Crippen LogP contribution in [-0.4, -0.2) is 43.5 Å². The van der Waals surface area contributed by atoms with E-state index in [2.05, 4.69) is 20.2 Å². The lowest BCUT2D eigenvalue weighted by atomic mass is 10.1. The van der Waals surface area contributed by atoms with Crippen molar-refractivity contribution in [3.05, 3.63) is 104 Å². The molecule has 10 nitrogen and oxygen atoms in total. The Labute approximate surface area is 227 Å². The van der Waals surface area contributed by atoms with E-state index in [9.17, 15) is 18.8 Å². The van der Waals surface area contributed by atoms with Crippen LogP contribution >= 0.6 is 0 Å². The number of amides is 1. The van der Waals surface area contributed by atoms with Crippen LogP contribution in [0.1, 0.15) is 41.5 Å². The molecule has 206 valence electrons. The molecule has 40 heavy (non-hydrogen) atoms. The van der Waals surface area contributed by atoms with E-state index in [-0.39, 0.29) is 28.6 Å². The van der Waals surface area contributed by atoms with E-state index in [0.717, 1.165) is 46.8 Å². The molecule has 2 aromatic heterocycles. The lowest BCUT2D eigenvalue weighted by Crippen LogP contribution is -2.42. The Morgan fingerprint density at radius 3 is 2.52 bits per heavy atom. The summed E-state index contributed by atoms with van der Waals surface area (Å²) in [6, 6.07) is 8.19. The molecule has 0 atom stereocenters. The molecule has 0 saturated heterocycles. The highest BCUT2D eigenvalue weighted by Crippen LogP contribution is 2.30. The van der Waals surface area contributed by atoms with Gasteiger partial charge in [0.25, 0.3) is 11.5 Å². The topological polar surface area (TPSA) is 111 Å². The Hall–Kier alpha value is -4.71. The van der Waals surface area contributed by atoms with Crippen molar-refractivity contribution in [3.8, 4) is 17.3 Å². The number of rotatable bonds is 6. The molecule has 5 rings (SSSR count). The first kappa shape index (κ1) is 26.9. The molecular weight excluding hydrogens is 522 g/mol. The summed E-state index contributed by atoms with van der Waals surface area (Å²) in [5.41, 5.74) is -0.134. The molecule has 1 aliphatic rings. The highest BCUT2D eigenvalue weighted by Gasteiger charge is 2.22. The number of likely N-dealkylation sites (N-methyl/N-ethyl adjacent to an activating group) is 1. The van der Waals surface area contributed by atoms with E-state index < -0.39 is 34.8 Å². The molecule has 12 heteroatoms. The highest BCUT2D eigenvalue weighted by atomic mass is 19.1. The molecule has 2 aromatic carbocycles. The molecule has 0 radical (unpaired) electrons. The van der Waals surface area contributed by atoms with Gasteiger partial charge in [-0.1, -0.05) is 0 Å². The number of nitrogens with zero attached hydrogens (tertiary/aromatic N) is 5. The zero-order chi connectivity index (χ0) is 28.6. The first-order chi connectivity index (χ1) is 19.1. The number of ether oxygens (including phenoxy) is 1. The van der Waals surface area contributed by atoms with Gasteiger partial charge in [-0.2, -0.15) is 0 Å². The second kappa shape index (κ2) is 10.8. The van der Waals surface area contributed by atoms with E-state index >= 15 is 4.39 Å². The average Bonchev–Trinajstić information content (AvgIpc) is 2.91. The van der Waals surface area contributed by atoms with Crippen molar-refractivity contribution in [2.24, 2.45) is 0 Å². The summed E-state index contributed by atoms with van der Waals surface area (Å²) >= 11 is 0. The van der Waals surface area contributed by atoms with Crippen molar-refractivity contribution in [1.82, 2.24) is 24.0 Å². The number of carbonyl (C=O) groups excluding carboxylic acids is 1. The fraction of sp³-hybridized carbons (Fsp3) is 0.250. The van der Waals surface area contributed by atoms with E-state index in [1.165, 1.54) is 35.2 Å². The molecule has 1 amide bonds. The standard InChI is InChI=1S/C28H26F2N6O4/c1-16(2)35-13-21(27(38)36(28(35)39)19-7-4-17(29)5-8-19)25(37)33-18-6-9-24(22(30)12-18)40-26-20-10-11-34(3)14-23(20)31-15-32-26/h4-9,12-13,15-16H,10-11,14H2,1-3H3,(H,33,37). The third-order valence-corrected chi connectivity index (χ3v) is 6.55. The summed E-state index contributed by atoms with van der Waals surface area (Å²) in [6.45, 7) is 4.85. The molecular formula is C28H26F2N6O4. The lowest BCUT2D eigenvalue weighted by molar-refractivity contribution is 0.102. The van der Waals surface area contributed by atoms with Crippen LogP contribution in [0.4, 0.5) is 14.5 Å². The third-order valence-electron chi connectivity index (χ3n) is 6.55. The fourth-order valence-electron chi connectivity index (χ4n) is 4.42. The van der Waals surface area contributed by atoms with E-state index in [1.807, 2.05) is 7.05 Å². The molecule has 0 aliphatic carbocycles. The smallest absolute Gasteiger partial charge is 0.335 e. The normalized spacial score (nSPS) is 13.2. The summed E-state index contributed by atoms with van der Waals surface area (Å²) in [6.07, 6.45) is 3.19. The van der Waals surface area contributed by atoms with Crippen LogP contribution in [0, 0.1) is 11.6 Å². The number of halogens is 2. The maximum absolute atomic E-state index is 15.0. The number of benzene rings is 2. The zero-order valence-corrected chi connectivity index (χ0v) is 22.0. The molecule has 1 aliphatic heterocycles. The lowest BCUT2D eigenvalue weighted by Gasteiger charge is -2.24. The molecule has 1 N–H and O–H groups in total. The van der Waals surface area contributed by atoms with Crippen molar-refractivity contribution < 1.29 is 18.3 Å². The quantitative estimate of drug-likeness (QED) is 0.391. The molecule has 4 aromatic rings. The minimum Gasteiger partial charge on any atom is -0.436 e. The zero-order valence-electron chi connectivity index (χ0n) is 22.0. The van der Waals surface area contributed by atoms with Gasteiger partial charge in [0, 0.05) is 42.6 Å². The Bertz CT molecular complexity index is 1720. The van der Waals surface area contributed by atoms with Crippen molar-refractivity contribution in [3.63, 3.8) is 0 Å². The SMILES string of the molecule is CC(C)n1cc(C(=O)Nc2ccc(Oc3ncnc4c3CCN(C)C4)c(F)c2)c(=O)n(-c2ccc(F)cc2)c1=O. The molecule has 3 heterocycles. The maximum Gasteiger partial charge on any atom is 0.335 e. The first-order valence-corrected chi connectivity index (χ1v) is 12.6. The van der Waals surface area contributed by atoms with Crippen LogP contribution in [0.15, 0.2) is 64.6 Å². The van der Waals surface area contributed by atoms with Crippen LogP contribution in [0.2, 0.25) is 0 Å². The van der Waals surface area contributed by atoms with E-state index in [0.29, 0.717) is 13.0 Å². The second-order valence-corrected chi connectivity index (χ2v) is 9.74. The van der Waals surface area contributed by atoms with Crippen molar-refractivity contribution in [2.75, 3.05) is 18.9 Å². The van der Waals surface area contributed by atoms with Gasteiger partial charge in [-0.05, 0) is 63.7 Å². The number of anilines is 1. The largest absolute Gasteiger partial charge is 0.436 e. The van der Waals surface area contributed by atoms with Crippen molar-refractivity contribution in [2.45, 2.75) is 32.9 Å². The van der Waals surface area contributed by atoms with Crippen LogP contribution in [0.25, 0.3) is 5.69 Å². The van der Waals surface area contributed by atoms with Gasteiger partial charge in [0.15, 0.2) is 11.6 Å². The highest BCUT2D eigenvalue weighted by molar-refractivity contribution is 6.03. The fourth-order valence-corrected chi connectivity index (χ4v) is 4.42. The summed E-state index contributed by atoms with van der Waals surface area (Å²) in [4.78, 5) is 50.0. The van der Waals surface area contributed by atoms with Crippen molar-refractivity contribution in [1.29, 1.82) is 0 Å². The van der Waals surface area contributed by atoms with Crippen molar-refractivity contribution >= 4 is 11.6 Å². The van der Waals surface area contributed by atoms with Gasteiger partial charge < -0.3 is 15.0 Å². The van der Waals surface area contributed by atoms with Crippen LogP contribution < -0.4 is 21.3 Å². The average molecular weight is 549 g/mol. The van der Waals surface area contributed by atoms with Gasteiger partial charge in [0.2, 0.25) is 5.88 Å². The van der Waals surface area contributed by atoms with Crippen LogP contribution in [0.3, 0.4) is 0 Å². The van der Waals surface area contributed by atoms with Gasteiger partial charge in [-0.15, -0.1) is 0 Å².